The van der Waals surface area contributed by atoms with Gasteiger partial charge in [0, 0.05) is 38.6 Å². The summed E-state index contributed by atoms with van der Waals surface area (Å²) in [7, 11) is 3.28. The van der Waals surface area contributed by atoms with Crippen LogP contribution < -0.4 is 46.7 Å². The number of aliphatic hydroxyl groups is 1. The molecule has 2 aliphatic heterocycles. The number of ketones is 1. The SMILES string of the molecule is COc1ccc(B2N=c3/c(=C4/C(=O)C(c5ccc6cccc7c6c5NB(c5ccc(OC)cc5)N7)=C4O)ccc4cccc(c34)N2)cc1. The molecule has 0 saturated heterocycles. The third-order valence-corrected chi connectivity index (χ3v) is 9.55. The van der Waals surface area contributed by atoms with Crippen LogP contribution in [0.25, 0.3) is 32.7 Å². The topological polar surface area (TPSA) is 104 Å². The van der Waals surface area contributed by atoms with E-state index in [0.717, 1.165) is 61.0 Å². The van der Waals surface area contributed by atoms with E-state index < -0.39 is 0 Å². The number of hydrogen-bond acceptors (Lipinski definition) is 8. The number of carbonyl (C=O) groups excluding carboxylic acids is 1. The minimum absolute atomic E-state index is 0.0303. The van der Waals surface area contributed by atoms with Crippen molar-refractivity contribution in [1.29, 1.82) is 0 Å². The zero-order chi connectivity index (χ0) is 32.5. The number of carbonyl (C=O) groups is 1. The van der Waals surface area contributed by atoms with Crippen LogP contribution in [0.3, 0.4) is 0 Å². The molecular formula is C38H28B2N4O4. The van der Waals surface area contributed by atoms with E-state index in [1.165, 1.54) is 0 Å². The maximum Gasteiger partial charge on any atom is 0.427 e. The lowest BCUT2D eigenvalue weighted by Gasteiger charge is -2.31. The van der Waals surface area contributed by atoms with Gasteiger partial charge in [0.25, 0.3) is 0 Å². The number of allylic oxidation sites excluding steroid dienone is 2. The molecule has 230 valence electrons. The molecule has 3 aliphatic rings. The molecule has 0 bridgehead atoms. The number of Topliss-reactive ketones (excluding diaryl/α,β-unsaturated/α-hetero) is 1. The predicted octanol–water partition coefficient (Wildman–Crippen LogP) is 4.39. The highest BCUT2D eigenvalue weighted by atomic mass is 16.5. The second-order valence-electron chi connectivity index (χ2n) is 12.1. The monoisotopic (exact) mass is 626 g/mol. The molecule has 9 rings (SSSR count). The molecule has 0 atom stereocenters. The summed E-state index contributed by atoms with van der Waals surface area (Å²) >= 11 is 0. The van der Waals surface area contributed by atoms with Crippen molar-refractivity contribution in [3.05, 3.63) is 131 Å². The number of nitrogens with one attached hydrogen (secondary N) is 3. The number of aliphatic hydroxyl groups excluding tert-OH is 1. The average molecular weight is 626 g/mol. The van der Waals surface area contributed by atoms with Crippen LogP contribution in [-0.2, 0) is 4.79 Å². The second-order valence-corrected chi connectivity index (χ2v) is 12.1. The Balaban J connectivity index is 1.21. The normalized spacial score (nSPS) is 15.8. The second kappa shape index (κ2) is 10.7. The van der Waals surface area contributed by atoms with Gasteiger partial charge < -0.3 is 35.2 Å². The van der Waals surface area contributed by atoms with Crippen molar-refractivity contribution < 1.29 is 19.4 Å². The molecule has 2 heterocycles. The minimum Gasteiger partial charge on any atom is -0.506 e. The van der Waals surface area contributed by atoms with Crippen molar-refractivity contribution in [3.63, 3.8) is 0 Å². The van der Waals surface area contributed by atoms with Crippen molar-refractivity contribution in [2.45, 2.75) is 0 Å². The van der Waals surface area contributed by atoms with Crippen LogP contribution >= 0.6 is 0 Å². The predicted molar refractivity (Wildman–Crippen MR) is 194 cm³/mol. The molecule has 0 unspecified atom stereocenters. The summed E-state index contributed by atoms with van der Waals surface area (Å²) in [5, 5.41) is 27.8. The van der Waals surface area contributed by atoms with Gasteiger partial charge in [0.05, 0.1) is 30.7 Å². The van der Waals surface area contributed by atoms with E-state index in [-0.39, 0.29) is 31.1 Å². The molecule has 0 saturated carbocycles. The first kappa shape index (κ1) is 28.1. The van der Waals surface area contributed by atoms with Gasteiger partial charge >= 0.3 is 14.0 Å². The van der Waals surface area contributed by atoms with Crippen LogP contribution in [0.15, 0.2) is 120 Å². The Kier molecular flexibility index (Phi) is 6.27. The van der Waals surface area contributed by atoms with Gasteiger partial charge in [-0.05, 0) is 58.1 Å². The van der Waals surface area contributed by atoms with Gasteiger partial charge in [-0.2, -0.15) is 0 Å². The molecule has 0 aromatic heterocycles. The van der Waals surface area contributed by atoms with E-state index in [1.54, 1.807) is 14.2 Å². The first-order chi connectivity index (χ1) is 23.5. The lowest BCUT2D eigenvalue weighted by atomic mass is 9.65. The number of methoxy groups -OCH3 is 2. The van der Waals surface area contributed by atoms with E-state index in [0.29, 0.717) is 21.7 Å². The van der Waals surface area contributed by atoms with Gasteiger partial charge in [-0.15, -0.1) is 0 Å². The summed E-state index contributed by atoms with van der Waals surface area (Å²) in [6.45, 7) is -0.646. The third-order valence-electron chi connectivity index (χ3n) is 9.55. The molecule has 0 radical (unpaired) electrons. The fraction of sp³-hybridized carbons (Fsp3) is 0.0526. The van der Waals surface area contributed by atoms with Crippen LogP contribution in [0.5, 0.6) is 11.5 Å². The standard InChI is InChI=1S/C38H28B2N4O4/c1-47-25-15-11-23(12-16-25)39-41-29-7-3-5-21-9-19-27(35(43-39)31(21)29)33-37(45)34(38(33)46)28-20-10-22-6-4-8-30-32(22)36(28)44-40(42-30)24-13-17-26(48-2)18-14-24/h3-20,41-43,45H,1-2H3/b34-28+. The molecule has 0 spiro atoms. The lowest BCUT2D eigenvalue weighted by molar-refractivity contribution is -0.109. The number of nitrogens with zero attached hydrogens (tertiary/aromatic N) is 1. The van der Waals surface area contributed by atoms with Crippen molar-refractivity contribution >= 4 is 80.4 Å². The largest absolute Gasteiger partial charge is 0.506 e. The highest BCUT2D eigenvalue weighted by molar-refractivity contribution is 6.80. The fourth-order valence-electron chi connectivity index (χ4n) is 7.13. The Morgan fingerprint density at radius 1 is 0.646 bits per heavy atom. The molecule has 0 amide bonds. The number of ether oxygens (including phenoxy) is 2. The van der Waals surface area contributed by atoms with E-state index in [4.69, 9.17) is 14.4 Å². The van der Waals surface area contributed by atoms with Gasteiger partial charge in [-0.3, -0.25) is 4.79 Å². The van der Waals surface area contributed by atoms with Crippen LogP contribution in [0.4, 0.5) is 17.1 Å². The molecule has 1 aliphatic carbocycles. The van der Waals surface area contributed by atoms with E-state index in [1.807, 2.05) is 109 Å². The minimum atomic E-state index is -0.383. The van der Waals surface area contributed by atoms with E-state index in [2.05, 4.69) is 15.7 Å². The Morgan fingerprint density at radius 3 is 1.94 bits per heavy atom. The highest BCUT2D eigenvalue weighted by Gasteiger charge is 2.39. The first-order valence-corrected chi connectivity index (χ1v) is 15.8. The van der Waals surface area contributed by atoms with Gasteiger partial charge in [0.1, 0.15) is 17.3 Å². The highest BCUT2D eigenvalue weighted by Crippen LogP contribution is 2.45. The van der Waals surface area contributed by atoms with Crippen LogP contribution in [-0.4, -0.2) is 39.1 Å². The Labute approximate surface area is 276 Å². The number of anilines is 3. The molecular weight excluding hydrogens is 598 g/mol. The summed E-state index contributed by atoms with van der Waals surface area (Å²) in [6.07, 6.45) is 0. The fourth-order valence-corrected chi connectivity index (χ4v) is 7.13. The Bertz CT molecular complexity index is 2500. The summed E-state index contributed by atoms with van der Waals surface area (Å²) in [6, 6.07) is 35.6. The average Bonchev–Trinajstić information content (AvgIpc) is 3.13. The van der Waals surface area contributed by atoms with Gasteiger partial charge in [-0.1, -0.05) is 72.8 Å². The van der Waals surface area contributed by atoms with E-state index >= 15 is 0 Å². The van der Waals surface area contributed by atoms with E-state index in [9.17, 15) is 9.90 Å². The number of benzene rings is 6. The summed E-state index contributed by atoms with van der Waals surface area (Å²) in [5.74, 6) is 1.28. The molecule has 4 N–H and O–H groups in total. The van der Waals surface area contributed by atoms with Crippen molar-refractivity contribution in [3.8, 4) is 11.5 Å². The molecule has 10 heteroatoms. The summed E-state index contributed by atoms with van der Waals surface area (Å²) in [5.41, 5.74) is 5.85. The molecule has 48 heavy (non-hydrogen) atoms. The van der Waals surface area contributed by atoms with Crippen LogP contribution in [0.1, 0.15) is 5.56 Å². The van der Waals surface area contributed by atoms with Crippen molar-refractivity contribution in [1.82, 2.24) is 0 Å². The maximum absolute atomic E-state index is 14.2. The van der Waals surface area contributed by atoms with Crippen molar-refractivity contribution in [2.24, 2.45) is 4.90 Å². The zero-order valence-corrected chi connectivity index (χ0v) is 26.2. The number of rotatable bonds is 5. The Hall–Kier alpha value is -6.15. The lowest BCUT2D eigenvalue weighted by Crippen LogP contribution is -2.48. The molecule has 6 aromatic carbocycles. The summed E-state index contributed by atoms with van der Waals surface area (Å²) in [4.78, 5) is 19.4. The third kappa shape index (κ3) is 4.19. The molecule has 6 aromatic rings. The summed E-state index contributed by atoms with van der Waals surface area (Å²) < 4.78 is 10.7. The first-order valence-electron chi connectivity index (χ1n) is 15.8. The Morgan fingerprint density at radius 2 is 1.27 bits per heavy atom. The van der Waals surface area contributed by atoms with Crippen molar-refractivity contribution in [2.75, 3.05) is 29.9 Å². The maximum atomic E-state index is 14.2. The van der Waals surface area contributed by atoms with Gasteiger partial charge in [-0.25, -0.2) is 0 Å². The zero-order valence-electron chi connectivity index (χ0n) is 26.2. The van der Waals surface area contributed by atoms with Crippen LogP contribution in [0, 0.1) is 0 Å². The van der Waals surface area contributed by atoms with Gasteiger partial charge in [0.15, 0.2) is 0 Å². The quantitative estimate of drug-likeness (QED) is 0.211. The molecule has 8 nitrogen and oxygen atoms in total. The number of hydrogen-bond donors (Lipinski definition) is 4. The van der Waals surface area contributed by atoms with Gasteiger partial charge in [0.2, 0.25) is 5.78 Å². The smallest absolute Gasteiger partial charge is 0.427 e. The molecule has 0 fully saturated rings. The van der Waals surface area contributed by atoms with Crippen LogP contribution in [0.2, 0.25) is 0 Å².